The Labute approximate surface area is 109 Å². The molecule has 1 aromatic carbocycles. The van der Waals surface area contributed by atoms with E-state index in [9.17, 15) is 5.11 Å². The summed E-state index contributed by atoms with van der Waals surface area (Å²) in [5.41, 5.74) is 0.833. The second-order valence-corrected chi connectivity index (χ2v) is 5.49. The van der Waals surface area contributed by atoms with E-state index in [4.69, 9.17) is 9.47 Å². The van der Waals surface area contributed by atoms with Crippen LogP contribution < -0.4 is 9.47 Å². The number of halogens is 1. The third-order valence-corrected chi connectivity index (χ3v) is 3.67. The average Bonchev–Trinajstić information content (AvgIpc) is 3.18. The van der Waals surface area contributed by atoms with Crippen LogP contribution in [0.3, 0.4) is 0 Å². The van der Waals surface area contributed by atoms with Gasteiger partial charge in [-0.05, 0) is 59.3 Å². The van der Waals surface area contributed by atoms with Gasteiger partial charge in [0, 0.05) is 0 Å². The van der Waals surface area contributed by atoms with Gasteiger partial charge in [0.25, 0.3) is 0 Å². The van der Waals surface area contributed by atoms with Crippen LogP contribution in [0.4, 0.5) is 0 Å². The highest BCUT2D eigenvalue weighted by molar-refractivity contribution is 9.10. The quantitative estimate of drug-likeness (QED) is 0.908. The lowest BCUT2D eigenvalue weighted by Gasteiger charge is -2.14. The largest absolute Gasteiger partial charge is 0.489 e. The van der Waals surface area contributed by atoms with Crippen molar-refractivity contribution in [1.29, 1.82) is 0 Å². The molecule has 0 aliphatic heterocycles. The number of hydrogen-bond donors (Lipinski definition) is 1. The third-order valence-electron chi connectivity index (χ3n) is 2.88. The van der Waals surface area contributed by atoms with E-state index in [1.165, 1.54) is 0 Å². The molecular formula is C13H15BrO3. The lowest BCUT2D eigenvalue weighted by Crippen LogP contribution is -2.02. The van der Waals surface area contributed by atoms with Crippen LogP contribution in [0.15, 0.2) is 16.6 Å². The van der Waals surface area contributed by atoms with E-state index in [0.29, 0.717) is 12.2 Å². The molecule has 2 aliphatic carbocycles. The van der Waals surface area contributed by atoms with Crippen LogP contribution in [0.1, 0.15) is 31.2 Å². The molecule has 1 aromatic rings. The summed E-state index contributed by atoms with van der Waals surface area (Å²) in [5, 5.41) is 9.25. The number of hydrogen-bond acceptors (Lipinski definition) is 3. The first-order valence-corrected chi connectivity index (χ1v) is 6.82. The van der Waals surface area contributed by atoms with E-state index in [2.05, 4.69) is 15.9 Å². The zero-order valence-corrected chi connectivity index (χ0v) is 11.1. The minimum atomic E-state index is 0.00926. The fourth-order valence-electron chi connectivity index (χ4n) is 1.62. The summed E-state index contributed by atoms with van der Waals surface area (Å²) in [7, 11) is 0. The monoisotopic (exact) mass is 298 g/mol. The highest BCUT2D eigenvalue weighted by atomic mass is 79.9. The Kier molecular flexibility index (Phi) is 3.01. The predicted octanol–water partition coefficient (Wildman–Crippen LogP) is 3.02. The van der Waals surface area contributed by atoms with Crippen molar-refractivity contribution in [2.45, 2.75) is 44.5 Å². The van der Waals surface area contributed by atoms with Crippen LogP contribution in [0.2, 0.25) is 0 Å². The van der Waals surface area contributed by atoms with Crippen LogP contribution in [0, 0.1) is 0 Å². The van der Waals surface area contributed by atoms with Crippen LogP contribution in [0.5, 0.6) is 11.5 Å². The molecule has 0 spiro atoms. The zero-order valence-electron chi connectivity index (χ0n) is 9.49. The second-order valence-electron chi connectivity index (χ2n) is 4.70. The Morgan fingerprint density at radius 3 is 1.88 bits per heavy atom. The van der Waals surface area contributed by atoms with Gasteiger partial charge < -0.3 is 14.6 Å². The van der Waals surface area contributed by atoms with E-state index in [1.54, 1.807) is 0 Å². The van der Waals surface area contributed by atoms with Crippen LogP contribution in [0.25, 0.3) is 0 Å². The number of benzene rings is 1. The molecule has 0 bridgehead atoms. The van der Waals surface area contributed by atoms with Gasteiger partial charge >= 0.3 is 0 Å². The third kappa shape index (κ3) is 2.75. The maximum atomic E-state index is 9.25. The fourth-order valence-corrected chi connectivity index (χ4v) is 2.04. The Morgan fingerprint density at radius 2 is 1.53 bits per heavy atom. The van der Waals surface area contributed by atoms with Gasteiger partial charge in [0.15, 0.2) is 0 Å². The van der Waals surface area contributed by atoms with Gasteiger partial charge in [-0.1, -0.05) is 0 Å². The number of ether oxygens (including phenoxy) is 2. The van der Waals surface area contributed by atoms with E-state index in [1.807, 2.05) is 12.1 Å². The van der Waals surface area contributed by atoms with Gasteiger partial charge in [-0.25, -0.2) is 0 Å². The zero-order chi connectivity index (χ0) is 11.8. The molecular weight excluding hydrogens is 284 g/mol. The van der Waals surface area contributed by atoms with Crippen molar-refractivity contribution in [2.24, 2.45) is 0 Å². The van der Waals surface area contributed by atoms with Gasteiger partial charge in [-0.3, -0.25) is 0 Å². The van der Waals surface area contributed by atoms with Crippen LogP contribution in [-0.4, -0.2) is 17.3 Å². The van der Waals surface area contributed by atoms with Gasteiger partial charge in [0.05, 0.1) is 18.8 Å². The maximum absolute atomic E-state index is 9.25. The standard InChI is InChI=1S/C13H15BrO3/c14-13-11(16-9-1-2-9)5-8(7-15)6-12(13)17-10-3-4-10/h5-6,9-10,15H,1-4,7H2. The fraction of sp³-hybridized carbons (Fsp3) is 0.538. The number of aliphatic hydroxyl groups is 1. The van der Waals surface area contributed by atoms with Gasteiger partial charge in [-0.2, -0.15) is 0 Å². The summed E-state index contributed by atoms with van der Waals surface area (Å²) in [4.78, 5) is 0. The van der Waals surface area contributed by atoms with Gasteiger partial charge in [-0.15, -0.1) is 0 Å². The number of rotatable bonds is 5. The summed E-state index contributed by atoms with van der Waals surface area (Å²) in [6, 6.07) is 3.75. The first-order valence-electron chi connectivity index (χ1n) is 6.03. The van der Waals surface area contributed by atoms with E-state index < -0.39 is 0 Å². The molecule has 3 rings (SSSR count). The molecule has 0 unspecified atom stereocenters. The molecule has 0 atom stereocenters. The molecule has 0 amide bonds. The highest BCUT2D eigenvalue weighted by Gasteiger charge is 2.28. The smallest absolute Gasteiger partial charge is 0.138 e. The Morgan fingerprint density at radius 1 is 1.06 bits per heavy atom. The average molecular weight is 299 g/mol. The second kappa shape index (κ2) is 4.50. The highest BCUT2D eigenvalue weighted by Crippen LogP contribution is 2.41. The molecule has 3 nitrogen and oxygen atoms in total. The SMILES string of the molecule is OCc1cc(OC2CC2)c(Br)c(OC2CC2)c1. The lowest BCUT2D eigenvalue weighted by atomic mass is 10.2. The van der Waals surface area contributed by atoms with Crippen molar-refractivity contribution in [3.63, 3.8) is 0 Å². The van der Waals surface area contributed by atoms with Crippen molar-refractivity contribution in [2.75, 3.05) is 0 Å². The van der Waals surface area contributed by atoms with Crippen molar-refractivity contribution < 1.29 is 14.6 Å². The normalized spacial score (nSPS) is 19.2. The maximum Gasteiger partial charge on any atom is 0.138 e. The molecule has 2 saturated carbocycles. The van der Waals surface area contributed by atoms with Crippen molar-refractivity contribution in [1.82, 2.24) is 0 Å². The Hall–Kier alpha value is -0.740. The van der Waals surface area contributed by atoms with Gasteiger partial charge in [0.1, 0.15) is 16.0 Å². The molecule has 2 aliphatic rings. The number of aliphatic hydroxyl groups excluding tert-OH is 1. The van der Waals surface area contributed by atoms with E-state index in [-0.39, 0.29) is 6.61 Å². The molecule has 4 heteroatoms. The minimum absolute atomic E-state index is 0.00926. The summed E-state index contributed by atoms with van der Waals surface area (Å²) < 4.78 is 12.5. The summed E-state index contributed by atoms with van der Waals surface area (Å²) in [6.45, 7) is 0.00926. The predicted molar refractivity (Wildman–Crippen MR) is 67.4 cm³/mol. The van der Waals surface area contributed by atoms with Crippen molar-refractivity contribution >= 4 is 15.9 Å². The van der Waals surface area contributed by atoms with Gasteiger partial charge in [0.2, 0.25) is 0 Å². The summed E-state index contributed by atoms with van der Waals surface area (Å²) >= 11 is 3.53. The first kappa shape index (κ1) is 11.4. The molecule has 1 N–H and O–H groups in total. The first-order chi connectivity index (χ1) is 8.26. The van der Waals surface area contributed by atoms with E-state index in [0.717, 1.165) is 47.2 Å². The molecule has 17 heavy (non-hydrogen) atoms. The molecule has 0 saturated heterocycles. The Balaban J connectivity index is 1.87. The van der Waals surface area contributed by atoms with Crippen LogP contribution in [-0.2, 0) is 6.61 Å². The lowest BCUT2D eigenvalue weighted by molar-refractivity contribution is 0.268. The topological polar surface area (TPSA) is 38.7 Å². The molecule has 92 valence electrons. The summed E-state index contributed by atoms with van der Waals surface area (Å²) in [5.74, 6) is 1.57. The van der Waals surface area contributed by atoms with Crippen molar-refractivity contribution in [3.8, 4) is 11.5 Å². The minimum Gasteiger partial charge on any atom is -0.489 e. The Bertz CT molecular complexity index is 390. The van der Waals surface area contributed by atoms with Crippen LogP contribution >= 0.6 is 15.9 Å². The van der Waals surface area contributed by atoms with E-state index >= 15 is 0 Å². The molecule has 0 aromatic heterocycles. The molecule has 0 radical (unpaired) electrons. The summed E-state index contributed by atoms with van der Waals surface area (Å²) in [6.07, 6.45) is 5.16. The molecule has 2 fully saturated rings. The molecule has 0 heterocycles. The van der Waals surface area contributed by atoms with Crippen molar-refractivity contribution in [3.05, 3.63) is 22.2 Å².